The zero-order chi connectivity index (χ0) is 23.2. The number of nitrogens with one attached hydrogen (secondary N) is 1. The highest BCUT2D eigenvalue weighted by atomic mass is 19.3. The Balaban J connectivity index is 1.37. The molecule has 0 bridgehead atoms. The van der Waals surface area contributed by atoms with E-state index in [1.54, 1.807) is 6.07 Å². The number of anilines is 1. The third-order valence-corrected chi connectivity index (χ3v) is 5.87. The average molecular weight is 451 g/mol. The van der Waals surface area contributed by atoms with Crippen LogP contribution in [0.5, 0.6) is 0 Å². The van der Waals surface area contributed by atoms with Crippen LogP contribution in [0, 0.1) is 0 Å². The molecule has 4 aromatic rings. The first-order chi connectivity index (χ1) is 15.8. The fraction of sp³-hybridized carbons (Fsp3) is 0.304. The van der Waals surface area contributed by atoms with Gasteiger partial charge in [0.1, 0.15) is 5.65 Å². The zero-order valence-electron chi connectivity index (χ0n) is 18.3. The van der Waals surface area contributed by atoms with E-state index >= 15 is 0 Å². The number of amides is 1. The van der Waals surface area contributed by atoms with Gasteiger partial charge < -0.3 is 19.4 Å². The Hall–Kier alpha value is -3.82. The van der Waals surface area contributed by atoms with Gasteiger partial charge in [0.25, 0.3) is 11.8 Å². The van der Waals surface area contributed by atoms with E-state index in [9.17, 15) is 13.6 Å². The van der Waals surface area contributed by atoms with Crippen LogP contribution in [0.3, 0.4) is 0 Å². The molecule has 3 aromatic heterocycles. The quantitative estimate of drug-likeness (QED) is 0.511. The van der Waals surface area contributed by atoms with Crippen molar-refractivity contribution >= 4 is 22.9 Å². The summed E-state index contributed by atoms with van der Waals surface area (Å²) in [5, 5.41) is 9.09. The number of likely N-dealkylation sites (tertiary alicyclic amines) is 1. The van der Waals surface area contributed by atoms with Gasteiger partial charge in [0.2, 0.25) is 5.95 Å². The van der Waals surface area contributed by atoms with Gasteiger partial charge in [-0.2, -0.15) is 0 Å². The second-order valence-corrected chi connectivity index (χ2v) is 8.41. The van der Waals surface area contributed by atoms with E-state index in [2.05, 4.69) is 20.2 Å². The SMILES string of the molecule is CN(C)c1nnc(-c2ccc(-n3ccc4cc(C(=O)N5CCC(F)(F)CC5)cnc43)cc2)[nH]1. The number of aromatic nitrogens is 5. The minimum absolute atomic E-state index is 0.0540. The highest BCUT2D eigenvalue weighted by molar-refractivity contribution is 5.97. The van der Waals surface area contributed by atoms with E-state index < -0.39 is 5.92 Å². The smallest absolute Gasteiger partial charge is 0.255 e. The van der Waals surface area contributed by atoms with Gasteiger partial charge in [-0.1, -0.05) is 0 Å². The van der Waals surface area contributed by atoms with Crippen molar-refractivity contribution in [3.63, 3.8) is 0 Å². The molecule has 1 aliphatic heterocycles. The Morgan fingerprint density at radius 2 is 1.82 bits per heavy atom. The molecule has 0 unspecified atom stereocenters. The fourth-order valence-corrected chi connectivity index (χ4v) is 3.93. The second kappa shape index (κ2) is 7.95. The lowest BCUT2D eigenvalue weighted by Crippen LogP contribution is -2.42. The van der Waals surface area contributed by atoms with E-state index in [1.165, 1.54) is 11.1 Å². The summed E-state index contributed by atoms with van der Waals surface area (Å²) in [7, 11) is 3.78. The molecule has 5 rings (SSSR count). The number of piperidine rings is 1. The number of alkyl halides is 2. The van der Waals surface area contributed by atoms with Gasteiger partial charge in [-0.25, -0.2) is 13.8 Å². The number of carbonyl (C=O) groups excluding carboxylic acids is 1. The number of fused-ring (bicyclic) bond motifs is 1. The van der Waals surface area contributed by atoms with Crippen molar-refractivity contribution in [2.75, 3.05) is 32.1 Å². The minimum atomic E-state index is -2.69. The number of aromatic amines is 1. The highest BCUT2D eigenvalue weighted by Gasteiger charge is 2.35. The van der Waals surface area contributed by atoms with Crippen molar-refractivity contribution in [3.8, 4) is 17.1 Å². The first kappa shape index (κ1) is 21.0. The molecule has 0 radical (unpaired) electrons. The first-order valence-corrected chi connectivity index (χ1v) is 10.7. The summed E-state index contributed by atoms with van der Waals surface area (Å²) in [5.41, 5.74) is 2.93. The Bertz CT molecular complexity index is 1300. The van der Waals surface area contributed by atoms with Crippen molar-refractivity contribution in [1.29, 1.82) is 0 Å². The molecule has 8 nitrogen and oxygen atoms in total. The Kier molecular flexibility index (Phi) is 5.07. The lowest BCUT2D eigenvalue weighted by molar-refractivity contribution is -0.0494. The van der Waals surface area contributed by atoms with Gasteiger partial charge >= 0.3 is 0 Å². The molecule has 4 heterocycles. The van der Waals surface area contributed by atoms with Crippen molar-refractivity contribution in [2.24, 2.45) is 0 Å². The van der Waals surface area contributed by atoms with Crippen LogP contribution in [0.25, 0.3) is 28.1 Å². The van der Waals surface area contributed by atoms with E-state index in [0.717, 1.165) is 16.6 Å². The van der Waals surface area contributed by atoms with Gasteiger partial charge in [0, 0.05) is 69.1 Å². The second-order valence-electron chi connectivity index (χ2n) is 8.41. The van der Waals surface area contributed by atoms with Crippen molar-refractivity contribution < 1.29 is 13.6 Å². The molecule has 1 aliphatic rings. The number of benzene rings is 1. The zero-order valence-corrected chi connectivity index (χ0v) is 18.3. The topological polar surface area (TPSA) is 82.9 Å². The monoisotopic (exact) mass is 451 g/mol. The minimum Gasteiger partial charge on any atom is -0.347 e. The molecule has 0 spiro atoms. The van der Waals surface area contributed by atoms with Crippen LogP contribution in [0.4, 0.5) is 14.7 Å². The summed E-state index contributed by atoms with van der Waals surface area (Å²) < 4.78 is 28.7. The summed E-state index contributed by atoms with van der Waals surface area (Å²) in [4.78, 5) is 23.8. The predicted octanol–water partition coefficient (Wildman–Crippen LogP) is 3.75. The molecule has 1 amide bonds. The first-order valence-electron chi connectivity index (χ1n) is 10.7. The van der Waals surface area contributed by atoms with Crippen molar-refractivity contribution in [1.82, 2.24) is 29.6 Å². The van der Waals surface area contributed by atoms with Crippen LogP contribution >= 0.6 is 0 Å². The number of rotatable bonds is 4. The van der Waals surface area contributed by atoms with Gasteiger partial charge in [-0.15, -0.1) is 10.2 Å². The summed E-state index contributed by atoms with van der Waals surface area (Å²) in [6.07, 6.45) is 2.80. The molecule has 33 heavy (non-hydrogen) atoms. The van der Waals surface area contributed by atoms with Gasteiger partial charge in [0.15, 0.2) is 5.82 Å². The molecule has 1 saturated heterocycles. The summed E-state index contributed by atoms with van der Waals surface area (Å²) in [6.45, 7) is 0.108. The van der Waals surface area contributed by atoms with Crippen LogP contribution in [0.1, 0.15) is 23.2 Å². The summed E-state index contributed by atoms with van der Waals surface area (Å²) >= 11 is 0. The Labute approximate surface area is 188 Å². The molecule has 1 N–H and O–H groups in total. The normalized spacial score (nSPS) is 15.7. The third-order valence-electron chi connectivity index (χ3n) is 5.87. The maximum absolute atomic E-state index is 13.4. The van der Waals surface area contributed by atoms with E-state index in [0.29, 0.717) is 23.0 Å². The predicted molar refractivity (Wildman–Crippen MR) is 121 cm³/mol. The van der Waals surface area contributed by atoms with Crippen molar-refractivity contribution in [2.45, 2.75) is 18.8 Å². The van der Waals surface area contributed by atoms with Gasteiger partial charge in [-0.05, 0) is 36.4 Å². The highest BCUT2D eigenvalue weighted by Crippen LogP contribution is 2.29. The maximum Gasteiger partial charge on any atom is 0.255 e. The largest absolute Gasteiger partial charge is 0.347 e. The van der Waals surface area contributed by atoms with Crippen LogP contribution in [0.2, 0.25) is 0 Å². The molecule has 0 aliphatic carbocycles. The fourth-order valence-electron chi connectivity index (χ4n) is 3.93. The van der Waals surface area contributed by atoms with Crippen LogP contribution in [-0.2, 0) is 0 Å². The molecule has 170 valence electrons. The lowest BCUT2D eigenvalue weighted by Gasteiger charge is -2.31. The molecule has 0 saturated carbocycles. The molecule has 1 fully saturated rings. The number of carbonyl (C=O) groups is 1. The Morgan fingerprint density at radius 1 is 1.09 bits per heavy atom. The molecule has 0 atom stereocenters. The third kappa shape index (κ3) is 4.04. The molecular formula is C23H23F2N7O. The summed E-state index contributed by atoms with van der Waals surface area (Å²) in [5.74, 6) is -1.59. The maximum atomic E-state index is 13.4. The number of H-pyrrole nitrogens is 1. The van der Waals surface area contributed by atoms with Crippen LogP contribution < -0.4 is 4.90 Å². The summed E-state index contributed by atoms with van der Waals surface area (Å²) in [6, 6.07) is 11.5. The van der Waals surface area contributed by atoms with Crippen LogP contribution in [-0.4, -0.2) is 68.6 Å². The molecular weight excluding hydrogens is 428 g/mol. The van der Waals surface area contributed by atoms with Gasteiger partial charge in [-0.3, -0.25) is 4.79 Å². The van der Waals surface area contributed by atoms with Crippen molar-refractivity contribution in [3.05, 3.63) is 54.4 Å². The molecule has 10 heteroatoms. The standard InChI is InChI=1S/C23H23F2N7O/c1-30(2)22-27-19(28-29-22)15-3-5-18(6-4-15)32-10-7-16-13-17(14-26-20(16)32)21(33)31-11-8-23(24,25)9-12-31/h3-7,10,13-14H,8-9,11-12H2,1-2H3,(H,27,28,29). The number of hydrogen-bond acceptors (Lipinski definition) is 5. The number of halogens is 2. The van der Waals surface area contributed by atoms with E-state index in [1.807, 2.05) is 60.1 Å². The Morgan fingerprint density at radius 3 is 2.48 bits per heavy atom. The number of nitrogens with zero attached hydrogens (tertiary/aromatic N) is 6. The van der Waals surface area contributed by atoms with Crippen LogP contribution in [0.15, 0.2) is 48.8 Å². The van der Waals surface area contributed by atoms with E-state index in [4.69, 9.17) is 0 Å². The number of pyridine rings is 1. The molecule has 1 aromatic carbocycles. The average Bonchev–Trinajstić information content (AvgIpc) is 3.46. The van der Waals surface area contributed by atoms with E-state index in [-0.39, 0.29) is 31.8 Å². The van der Waals surface area contributed by atoms with Gasteiger partial charge in [0.05, 0.1) is 5.56 Å². The lowest BCUT2D eigenvalue weighted by atomic mass is 10.1. The number of hydrogen-bond donors (Lipinski definition) is 1.